The lowest BCUT2D eigenvalue weighted by molar-refractivity contribution is 0.154. The second kappa shape index (κ2) is 6.38. The van der Waals surface area contributed by atoms with Gasteiger partial charge in [0.2, 0.25) is 0 Å². The highest BCUT2D eigenvalue weighted by atomic mass is 15.1. The van der Waals surface area contributed by atoms with Crippen molar-refractivity contribution in [2.45, 2.75) is 64.8 Å². The minimum atomic E-state index is 0.576. The Bertz CT molecular complexity index is 245. The zero-order chi connectivity index (χ0) is 13.0. The lowest BCUT2D eigenvalue weighted by atomic mass is 9.75. The van der Waals surface area contributed by atoms with Gasteiger partial charge in [0.05, 0.1) is 0 Å². The van der Waals surface area contributed by atoms with Crippen molar-refractivity contribution >= 4 is 0 Å². The largest absolute Gasteiger partial charge is 0.313 e. The molecule has 18 heavy (non-hydrogen) atoms. The van der Waals surface area contributed by atoms with Gasteiger partial charge >= 0.3 is 0 Å². The highest BCUT2D eigenvalue weighted by Gasteiger charge is 2.29. The first-order chi connectivity index (χ1) is 8.59. The van der Waals surface area contributed by atoms with Crippen LogP contribution in [0.4, 0.5) is 0 Å². The van der Waals surface area contributed by atoms with Crippen LogP contribution in [0.3, 0.4) is 0 Å². The quantitative estimate of drug-likeness (QED) is 0.826. The summed E-state index contributed by atoms with van der Waals surface area (Å²) < 4.78 is 0. The molecule has 1 saturated heterocycles. The topological polar surface area (TPSA) is 15.3 Å². The molecule has 0 radical (unpaired) electrons. The SMILES string of the molecule is CC(NCC1(C)CCCCC1)C1CCCN(C)C1. The number of hydrogen-bond acceptors (Lipinski definition) is 2. The van der Waals surface area contributed by atoms with Crippen LogP contribution in [0.5, 0.6) is 0 Å². The Labute approximate surface area is 114 Å². The summed E-state index contributed by atoms with van der Waals surface area (Å²) in [5, 5.41) is 3.86. The molecule has 0 aromatic heterocycles. The van der Waals surface area contributed by atoms with E-state index in [0.29, 0.717) is 11.5 Å². The molecule has 0 amide bonds. The van der Waals surface area contributed by atoms with E-state index in [4.69, 9.17) is 0 Å². The number of likely N-dealkylation sites (tertiary alicyclic amines) is 1. The van der Waals surface area contributed by atoms with Crippen molar-refractivity contribution < 1.29 is 0 Å². The summed E-state index contributed by atoms with van der Waals surface area (Å²) in [4.78, 5) is 2.49. The Hall–Kier alpha value is -0.0800. The maximum Gasteiger partial charge on any atom is 0.00794 e. The molecular formula is C16H32N2. The van der Waals surface area contributed by atoms with Crippen molar-refractivity contribution in [3.05, 3.63) is 0 Å². The third kappa shape index (κ3) is 3.96. The predicted molar refractivity (Wildman–Crippen MR) is 78.9 cm³/mol. The van der Waals surface area contributed by atoms with Gasteiger partial charge in [0, 0.05) is 19.1 Å². The van der Waals surface area contributed by atoms with Crippen LogP contribution >= 0.6 is 0 Å². The van der Waals surface area contributed by atoms with Gasteiger partial charge in [0.15, 0.2) is 0 Å². The maximum absolute atomic E-state index is 3.86. The van der Waals surface area contributed by atoms with Crippen molar-refractivity contribution in [3.63, 3.8) is 0 Å². The zero-order valence-corrected chi connectivity index (χ0v) is 12.7. The van der Waals surface area contributed by atoms with E-state index in [2.05, 4.69) is 31.1 Å². The van der Waals surface area contributed by atoms with Crippen LogP contribution in [-0.2, 0) is 0 Å². The van der Waals surface area contributed by atoms with Gasteiger partial charge in [-0.3, -0.25) is 0 Å². The van der Waals surface area contributed by atoms with Crippen molar-refractivity contribution in [3.8, 4) is 0 Å². The van der Waals surface area contributed by atoms with Crippen molar-refractivity contribution in [2.75, 3.05) is 26.7 Å². The van der Waals surface area contributed by atoms with Gasteiger partial charge < -0.3 is 10.2 Å². The van der Waals surface area contributed by atoms with Gasteiger partial charge in [-0.1, -0.05) is 26.2 Å². The minimum absolute atomic E-state index is 0.576. The Morgan fingerprint density at radius 1 is 1.22 bits per heavy atom. The summed E-state index contributed by atoms with van der Waals surface area (Å²) in [5.41, 5.74) is 0.576. The average molecular weight is 252 g/mol. The molecular weight excluding hydrogens is 220 g/mol. The fourth-order valence-corrected chi connectivity index (χ4v) is 3.77. The first-order valence-corrected chi connectivity index (χ1v) is 8.01. The Morgan fingerprint density at radius 2 is 1.94 bits per heavy atom. The average Bonchev–Trinajstić information content (AvgIpc) is 2.37. The molecule has 0 aromatic carbocycles. The van der Waals surface area contributed by atoms with E-state index < -0.39 is 0 Å². The molecule has 1 aliphatic heterocycles. The number of piperidine rings is 1. The van der Waals surface area contributed by atoms with Crippen LogP contribution < -0.4 is 5.32 Å². The summed E-state index contributed by atoms with van der Waals surface area (Å²) in [6.07, 6.45) is 9.99. The molecule has 1 heterocycles. The zero-order valence-electron chi connectivity index (χ0n) is 12.7. The molecule has 2 atom stereocenters. The molecule has 1 aliphatic carbocycles. The van der Waals surface area contributed by atoms with Crippen LogP contribution in [0.25, 0.3) is 0 Å². The van der Waals surface area contributed by atoms with E-state index in [9.17, 15) is 0 Å². The summed E-state index contributed by atoms with van der Waals surface area (Å²) >= 11 is 0. The van der Waals surface area contributed by atoms with Crippen LogP contribution in [0, 0.1) is 11.3 Å². The van der Waals surface area contributed by atoms with E-state index in [-0.39, 0.29) is 0 Å². The Kier molecular flexibility index (Phi) is 5.08. The van der Waals surface area contributed by atoms with Gasteiger partial charge in [-0.2, -0.15) is 0 Å². The van der Waals surface area contributed by atoms with E-state index in [1.54, 1.807) is 0 Å². The smallest absolute Gasteiger partial charge is 0.00794 e. The standard InChI is InChI=1S/C16H32N2/c1-14(15-8-7-11-18(3)12-15)17-13-16(2)9-5-4-6-10-16/h14-15,17H,4-13H2,1-3H3. The van der Waals surface area contributed by atoms with Gasteiger partial charge in [-0.15, -0.1) is 0 Å². The molecule has 2 heteroatoms. The highest BCUT2D eigenvalue weighted by Crippen LogP contribution is 2.35. The molecule has 0 bridgehead atoms. The number of rotatable bonds is 4. The van der Waals surface area contributed by atoms with Crippen molar-refractivity contribution in [1.82, 2.24) is 10.2 Å². The molecule has 106 valence electrons. The van der Waals surface area contributed by atoms with E-state index >= 15 is 0 Å². The maximum atomic E-state index is 3.86. The van der Waals surface area contributed by atoms with Crippen LogP contribution in [0.2, 0.25) is 0 Å². The van der Waals surface area contributed by atoms with Gasteiger partial charge in [0.25, 0.3) is 0 Å². The van der Waals surface area contributed by atoms with E-state index in [0.717, 1.165) is 5.92 Å². The monoisotopic (exact) mass is 252 g/mol. The van der Waals surface area contributed by atoms with E-state index in [1.165, 1.54) is 64.6 Å². The fourth-order valence-electron chi connectivity index (χ4n) is 3.77. The lowest BCUT2D eigenvalue weighted by Crippen LogP contribution is -2.46. The normalized spacial score (nSPS) is 31.2. The van der Waals surface area contributed by atoms with Crippen molar-refractivity contribution in [2.24, 2.45) is 11.3 Å². The summed E-state index contributed by atoms with van der Waals surface area (Å²) in [7, 11) is 2.27. The van der Waals surface area contributed by atoms with Crippen LogP contribution in [-0.4, -0.2) is 37.6 Å². The molecule has 2 fully saturated rings. The number of hydrogen-bond donors (Lipinski definition) is 1. The molecule has 0 spiro atoms. The first kappa shape index (κ1) is 14.3. The van der Waals surface area contributed by atoms with Crippen LogP contribution in [0.1, 0.15) is 58.8 Å². The highest BCUT2D eigenvalue weighted by molar-refractivity contribution is 4.84. The molecule has 2 rings (SSSR count). The summed E-state index contributed by atoms with van der Waals surface area (Å²) in [6, 6.07) is 0.687. The van der Waals surface area contributed by atoms with E-state index in [1.807, 2.05) is 0 Å². The Balaban J connectivity index is 1.74. The second-order valence-corrected chi connectivity index (χ2v) is 7.21. The van der Waals surface area contributed by atoms with Crippen molar-refractivity contribution in [1.29, 1.82) is 0 Å². The molecule has 2 aliphatic rings. The van der Waals surface area contributed by atoms with Gasteiger partial charge in [0.1, 0.15) is 0 Å². The predicted octanol–water partition coefficient (Wildman–Crippen LogP) is 3.28. The Morgan fingerprint density at radius 3 is 2.61 bits per heavy atom. The fraction of sp³-hybridized carbons (Fsp3) is 1.00. The molecule has 0 aromatic rings. The molecule has 1 N–H and O–H groups in total. The lowest BCUT2D eigenvalue weighted by Gasteiger charge is -2.38. The summed E-state index contributed by atoms with van der Waals surface area (Å²) in [5.74, 6) is 0.857. The van der Waals surface area contributed by atoms with Gasteiger partial charge in [-0.25, -0.2) is 0 Å². The summed E-state index contributed by atoms with van der Waals surface area (Å²) in [6.45, 7) is 8.69. The van der Waals surface area contributed by atoms with Gasteiger partial charge in [-0.05, 0) is 57.5 Å². The number of nitrogens with one attached hydrogen (secondary N) is 1. The molecule has 1 saturated carbocycles. The second-order valence-electron chi connectivity index (χ2n) is 7.21. The number of nitrogens with zero attached hydrogens (tertiary/aromatic N) is 1. The molecule has 2 nitrogen and oxygen atoms in total. The third-order valence-corrected chi connectivity index (χ3v) is 5.28. The first-order valence-electron chi connectivity index (χ1n) is 8.01. The third-order valence-electron chi connectivity index (χ3n) is 5.28. The van der Waals surface area contributed by atoms with Crippen LogP contribution in [0.15, 0.2) is 0 Å². The minimum Gasteiger partial charge on any atom is -0.313 e. The molecule has 2 unspecified atom stereocenters.